The lowest BCUT2D eigenvalue weighted by Gasteiger charge is -2.27. The molecule has 0 aliphatic heterocycles. The standard InChI is InChI=1S/C13H22N2O4S2/c1-4-21(18,19)14-10-11-15(20(3,16)17)12(2)13-8-6-5-7-9-13/h5-9,12,14H,4,10-11H2,1-3H3. The number of hydrogen-bond donors (Lipinski definition) is 1. The summed E-state index contributed by atoms with van der Waals surface area (Å²) in [5.74, 6) is -0.0277. The first kappa shape index (κ1) is 18.1. The number of rotatable bonds is 8. The summed E-state index contributed by atoms with van der Waals surface area (Å²) in [5, 5.41) is 0. The molecule has 120 valence electrons. The molecule has 0 radical (unpaired) electrons. The summed E-state index contributed by atoms with van der Waals surface area (Å²) >= 11 is 0. The van der Waals surface area contributed by atoms with E-state index in [2.05, 4.69) is 4.72 Å². The van der Waals surface area contributed by atoms with Gasteiger partial charge in [0.1, 0.15) is 0 Å². The lowest BCUT2D eigenvalue weighted by Crippen LogP contribution is -2.39. The van der Waals surface area contributed by atoms with Crippen LogP contribution < -0.4 is 4.72 Å². The van der Waals surface area contributed by atoms with Gasteiger partial charge in [-0.25, -0.2) is 21.6 Å². The highest BCUT2D eigenvalue weighted by atomic mass is 32.2. The van der Waals surface area contributed by atoms with Crippen molar-refractivity contribution >= 4 is 20.0 Å². The Bertz CT molecular complexity index is 642. The van der Waals surface area contributed by atoms with Crippen LogP contribution in [0.3, 0.4) is 0 Å². The van der Waals surface area contributed by atoms with Gasteiger partial charge < -0.3 is 0 Å². The Balaban J connectivity index is 2.83. The maximum Gasteiger partial charge on any atom is 0.211 e. The van der Waals surface area contributed by atoms with Crippen LogP contribution in [-0.4, -0.2) is 46.2 Å². The monoisotopic (exact) mass is 334 g/mol. The van der Waals surface area contributed by atoms with Gasteiger partial charge in [-0.15, -0.1) is 0 Å². The Kier molecular flexibility index (Phi) is 6.33. The fourth-order valence-corrected chi connectivity index (χ4v) is 3.68. The van der Waals surface area contributed by atoms with E-state index in [0.717, 1.165) is 11.8 Å². The van der Waals surface area contributed by atoms with Crippen molar-refractivity contribution in [2.45, 2.75) is 19.9 Å². The molecule has 0 amide bonds. The average Bonchev–Trinajstić information content (AvgIpc) is 2.42. The topological polar surface area (TPSA) is 83.6 Å². The highest BCUT2D eigenvalue weighted by Crippen LogP contribution is 2.21. The molecule has 8 heteroatoms. The van der Waals surface area contributed by atoms with E-state index in [-0.39, 0.29) is 24.9 Å². The van der Waals surface area contributed by atoms with E-state index in [1.54, 1.807) is 6.92 Å². The van der Waals surface area contributed by atoms with Crippen LogP contribution in [0.25, 0.3) is 0 Å². The van der Waals surface area contributed by atoms with Gasteiger partial charge in [0.15, 0.2) is 0 Å². The lowest BCUT2D eigenvalue weighted by molar-refractivity contribution is 0.348. The van der Waals surface area contributed by atoms with Crippen LogP contribution in [0.5, 0.6) is 0 Å². The second-order valence-electron chi connectivity index (χ2n) is 4.76. The molecule has 1 atom stereocenters. The summed E-state index contributed by atoms with van der Waals surface area (Å²) in [6.45, 7) is 3.46. The molecule has 6 nitrogen and oxygen atoms in total. The van der Waals surface area contributed by atoms with E-state index < -0.39 is 20.0 Å². The van der Waals surface area contributed by atoms with E-state index in [4.69, 9.17) is 0 Å². The summed E-state index contributed by atoms with van der Waals surface area (Å²) in [5.41, 5.74) is 0.862. The van der Waals surface area contributed by atoms with E-state index >= 15 is 0 Å². The minimum Gasteiger partial charge on any atom is -0.214 e. The molecule has 1 N–H and O–H groups in total. The first-order chi connectivity index (χ1) is 9.67. The average molecular weight is 334 g/mol. The van der Waals surface area contributed by atoms with Crippen LogP contribution in [0.1, 0.15) is 25.5 Å². The largest absolute Gasteiger partial charge is 0.214 e. The van der Waals surface area contributed by atoms with Crippen LogP contribution in [0.2, 0.25) is 0 Å². The first-order valence-corrected chi connectivity index (χ1v) is 10.2. The second kappa shape index (κ2) is 7.35. The molecular formula is C13H22N2O4S2. The van der Waals surface area contributed by atoms with Crippen molar-refractivity contribution in [3.63, 3.8) is 0 Å². The third-order valence-corrected chi connectivity index (χ3v) is 5.93. The molecule has 0 saturated carbocycles. The number of hydrogen-bond acceptors (Lipinski definition) is 4. The molecular weight excluding hydrogens is 312 g/mol. The summed E-state index contributed by atoms with van der Waals surface area (Å²) in [7, 11) is -6.76. The maximum atomic E-state index is 11.9. The summed E-state index contributed by atoms with van der Waals surface area (Å²) < 4.78 is 50.3. The van der Waals surface area contributed by atoms with Crippen molar-refractivity contribution < 1.29 is 16.8 Å². The fraction of sp³-hybridized carbons (Fsp3) is 0.538. The number of nitrogens with zero attached hydrogens (tertiary/aromatic N) is 1. The van der Waals surface area contributed by atoms with E-state index in [1.165, 1.54) is 11.2 Å². The van der Waals surface area contributed by atoms with Gasteiger partial charge in [-0.05, 0) is 19.4 Å². The quantitative estimate of drug-likeness (QED) is 0.767. The van der Waals surface area contributed by atoms with Gasteiger partial charge in [0.05, 0.1) is 12.0 Å². The van der Waals surface area contributed by atoms with Crippen LogP contribution in [0.15, 0.2) is 30.3 Å². The Morgan fingerprint density at radius 1 is 1.14 bits per heavy atom. The highest BCUT2D eigenvalue weighted by molar-refractivity contribution is 7.89. The molecule has 1 aromatic rings. The van der Waals surface area contributed by atoms with Gasteiger partial charge in [-0.3, -0.25) is 0 Å². The third kappa shape index (κ3) is 5.74. The minimum atomic E-state index is -3.44. The molecule has 0 aromatic heterocycles. The van der Waals surface area contributed by atoms with Crippen molar-refractivity contribution in [2.75, 3.05) is 25.1 Å². The predicted molar refractivity (Wildman–Crippen MR) is 83.9 cm³/mol. The molecule has 1 rings (SSSR count). The summed E-state index contributed by atoms with van der Waals surface area (Å²) in [6, 6.07) is 8.87. The Hall–Kier alpha value is -0.960. The molecule has 0 spiro atoms. The van der Waals surface area contributed by atoms with Gasteiger partial charge in [0.25, 0.3) is 0 Å². The van der Waals surface area contributed by atoms with Crippen molar-refractivity contribution in [3.05, 3.63) is 35.9 Å². The van der Waals surface area contributed by atoms with Crippen molar-refractivity contribution in [2.24, 2.45) is 0 Å². The zero-order chi connectivity index (χ0) is 16.1. The Morgan fingerprint density at radius 3 is 2.19 bits per heavy atom. The highest BCUT2D eigenvalue weighted by Gasteiger charge is 2.24. The predicted octanol–water partition coefficient (Wildman–Crippen LogP) is 0.948. The zero-order valence-corrected chi connectivity index (χ0v) is 14.1. The van der Waals surface area contributed by atoms with E-state index in [0.29, 0.717) is 0 Å². The summed E-state index contributed by atoms with van der Waals surface area (Å²) in [4.78, 5) is 0. The maximum absolute atomic E-state index is 11.9. The number of sulfonamides is 2. The molecule has 0 bridgehead atoms. The Labute approximate surface area is 127 Å². The lowest BCUT2D eigenvalue weighted by atomic mass is 10.1. The Morgan fingerprint density at radius 2 is 1.71 bits per heavy atom. The minimum absolute atomic E-state index is 0.0277. The molecule has 21 heavy (non-hydrogen) atoms. The van der Waals surface area contributed by atoms with Crippen LogP contribution >= 0.6 is 0 Å². The van der Waals surface area contributed by atoms with Gasteiger partial charge in [-0.2, -0.15) is 4.31 Å². The molecule has 0 heterocycles. The third-order valence-electron chi connectivity index (χ3n) is 3.17. The number of benzene rings is 1. The molecule has 1 aromatic carbocycles. The van der Waals surface area contributed by atoms with Crippen molar-refractivity contribution in [1.82, 2.24) is 9.03 Å². The normalized spacial score (nSPS) is 14.3. The fourth-order valence-electron chi connectivity index (χ4n) is 1.96. The molecule has 0 aliphatic carbocycles. The zero-order valence-electron chi connectivity index (χ0n) is 12.5. The van der Waals surface area contributed by atoms with Crippen LogP contribution in [0.4, 0.5) is 0 Å². The molecule has 0 fully saturated rings. The van der Waals surface area contributed by atoms with Crippen molar-refractivity contribution in [1.29, 1.82) is 0 Å². The molecule has 0 aliphatic rings. The molecule has 0 saturated heterocycles. The van der Waals surface area contributed by atoms with Gasteiger partial charge in [-0.1, -0.05) is 30.3 Å². The van der Waals surface area contributed by atoms with Crippen molar-refractivity contribution in [3.8, 4) is 0 Å². The van der Waals surface area contributed by atoms with E-state index in [1.807, 2.05) is 30.3 Å². The summed E-state index contributed by atoms with van der Waals surface area (Å²) in [6.07, 6.45) is 1.13. The van der Waals surface area contributed by atoms with Crippen LogP contribution in [0, 0.1) is 0 Å². The SMILES string of the molecule is CCS(=O)(=O)NCCN(C(C)c1ccccc1)S(C)(=O)=O. The first-order valence-electron chi connectivity index (χ1n) is 6.66. The van der Waals surface area contributed by atoms with Crippen LogP contribution in [-0.2, 0) is 20.0 Å². The number of nitrogens with one attached hydrogen (secondary N) is 1. The smallest absolute Gasteiger partial charge is 0.211 e. The molecule has 1 unspecified atom stereocenters. The van der Waals surface area contributed by atoms with Gasteiger partial charge in [0, 0.05) is 19.1 Å². The second-order valence-corrected chi connectivity index (χ2v) is 8.79. The van der Waals surface area contributed by atoms with Gasteiger partial charge >= 0.3 is 0 Å². The van der Waals surface area contributed by atoms with E-state index in [9.17, 15) is 16.8 Å². The van der Waals surface area contributed by atoms with Gasteiger partial charge in [0.2, 0.25) is 20.0 Å².